The maximum absolute atomic E-state index is 9.95. The van der Waals surface area contributed by atoms with E-state index < -0.39 is 0 Å². The Morgan fingerprint density at radius 3 is 2.64 bits per heavy atom. The standard InChI is InChI=1S/C17H27ClN4OS.HI/c1-19-17(20-11-13-3-2-4-15(13)23)22-9-7-21(8-10-22)12-14-5-6-16(18)24-14;/h5-6,13,15,23H,2-4,7-12H2,1H3,(H,19,20);1H. The second-order valence-corrected chi connectivity index (χ2v) is 8.46. The monoisotopic (exact) mass is 498 g/mol. The largest absolute Gasteiger partial charge is 0.393 e. The molecule has 25 heavy (non-hydrogen) atoms. The smallest absolute Gasteiger partial charge is 0.193 e. The first-order valence-electron chi connectivity index (χ1n) is 8.76. The Hall–Kier alpha value is -0.0900. The molecule has 2 fully saturated rings. The number of aliphatic hydroxyl groups is 1. The maximum atomic E-state index is 9.95. The number of hydrogen-bond donors (Lipinski definition) is 2. The summed E-state index contributed by atoms with van der Waals surface area (Å²) < 4.78 is 0.863. The summed E-state index contributed by atoms with van der Waals surface area (Å²) in [5.41, 5.74) is 0. The van der Waals surface area contributed by atoms with Crippen LogP contribution in [0.25, 0.3) is 0 Å². The van der Waals surface area contributed by atoms with Crippen molar-refractivity contribution in [2.75, 3.05) is 39.8 Å². The predicted octanol–water partition coefficient (Wildman–Crippen LogP) is 2.87. The van der Waals surface area contributed by atoms with Crippen LogP contribution in [-0.4, -0.2) is 66.7 Å². The number of aliphatic imine (C=N–C) groups is 1. The topological polar surface area (TPSA) is 51.1 Å². The van der Waals surface area contributed by atoms with E-state index in [4.69, 9.17) is 11.6 Å². The second kappa shape index (κ2) is 10.3. The van der Waals surface area contributed by atoms with Crippen molar-refractivity contribution in [1.29, 1.82) is 0 Å². The summed E-state index contributed by atoms with van der Waals surface area (Å²) in [5, 5.41) is 13.4. The maximum Gasteiger partial charge on any atom is 0.193 e. The van der Waals surface area contributed by atoms with E-state index in [0.717, 1.165) is 68.8 Å². The molecule has 8 heteroatoms. The number of nitrogens with zero attached hydrogens (tertiary/aromatic N) is 3. The van der Waals surface area contributed by atoms with Gasteiger partial charge in [0.2, 0.25) is 0 Å². The molecule has 1 aromatic heterocycles. The number of piperazine rings is 1. The van der Waals surface area contributed by atoms with Crippen molar-refractivity contribution in [1.82, 2.24) is 15.1 Å². The molecular weight excluding hydrogens is 471 g/mol. The lowest BCUT2D eigenvalue weighted by Gasteiger charge is -2.36. The van der Waals surface area contributed by atoms with E-state index >= 15 is 0 Å². The van der Waals surface area contributed by atoms with Crippen LogP contribution in [0.2, 0.25) is 4.34 Å². The average molecular weight is 499 g/mol. The fourth-order valence-corrected chi connectivity index (χ4v) is 4.71. The summed E-state index contributed by atoms with van der Waals surface area (Å²) in [4.78, 5) is 10.5. The molecule has 0 amide bonds. The van der Waals surface area contributed by atoms with E-state index in [-0.39, 0.29) is 30.1 Å². The molecule has 2 heterocycles. The molecule has 2 unspecified atom stereocenters. The van der Waals surface area contributed by atoms with Crippen molar-refractivity contribution in [3.63, 3.8) is 0 Å². The molecule has 2 atom stereocenters. The van der Waals surface area contributed by atoms with Crippen LogP contribution in [-0.2, 0) is 6.54 Å². The molecule has 2 aliphatic rings. The number of aliphatic hydroxyl groups excluding tert-OH is 1. The minimum absolute atomic E-state index is 0. The van der Waals surface area contributed by atoms with Crippen LogP contribution < -0.4 is 5.32 Å². The summed E-state index contributed by atoms with van der Waals surface area (Å²) >= 11 is 7.68. The Morgan fingerprint density at radius 1 is 1.32 bits per heavy atom. The lowest BCUT2D eigenvalue weighted by Crippen LogP contribution is -2.52. The van der Waals surface area contributed by atoms with Crippen molar-refractivity contribution < 1.29 is 5.11 Å². The highest BCUT2D eigenvalue weighted by atomic mass is 127. The normalized spacial score (nSPS) is 25.1. The molecule has 2 N–H and O–H groups in total. The van der Waals surface area contributed by atoms with Crippen molar-refractivity contribution in [2.24, 2.45) is 10.9 Å². The van der Waals surface area contributed by atoms with Gasteiger partial charge >= 0.3 is 0 Å². The number of hydrogen-bond acceptors (Lipinski definition) is 4. The van der Waals surface area contributed by atoms with E-state index in [2.05, 4.69) is 26.2 Å². The van der Waals surface area contributed by atoms with Gasteiger partial charge in [-0.05, 0) is 25.0 Å². The quantitative estimate of drug-likeness (QED) is 0.381. The van der Waals surface area contributed by atoms with Gasteiger partial charge in [0, 0.05) is 57.1 Å². The molecule has 142 valence electrons. The predicted molar refractivity (Wildman–Crippen MR) is 116 cm³/mol. The fraction of sp³-hybridized carbons (Fsp3) is 0.706. The van der Waals surface area contributed by atoms with Crippen LogP contribution in [0, 0.1) is 5.92 Å². The van der Waals surface area contributed by atoms with Crippen molar-refractivity contribution in [3.8, 4) is 0 Å². The third-order valence-electron chi connectivity index (χ3n) is 5.03. The van der Waals surface area contributed by atoms with Crippen molar-refractivity contribution in [3.05, 3.63) is 21.3 Å². The Morgan fingerprint density at radius 2 is 2.08 bits per heavy atom. The molecule has 0 spiro atoms. The third kappa shape index (κ3) is 5.95. The van der Waals surface area contributed by atoms with E-state index in [9.17, 15) is 5.11 Å². The van der Waals surface area contributed by atoms with Crippen LogP contribution >= 0.6 is 46.9 Å². The van der Waals surface area contributed by atoms with Gasteiger partial charge in [-0.1, -0.05) is 18.0 Å². The second-order valence-electron chi connectivity index (χ2n) is 6.66. The molecular formula is C17H28ClIN4OS. The van der Waals surface area contributed by atoms with Gasteiger partial charge in [0.25, 0.3) is 0 Å². The molecule has 1 aliphatic heterocycles. The highest BCUT2D eigenvalue weighted by Crippen LogP contribution is 2.25. The van der Waals surface area contributed by atoms with E-state index in [1.54, 1.807) is 11.3 Å². The van der Waals surface area contributed by atoms with Crippen molar-refractivity contribution >= 4 is 52.9 Å². The first-order chi connectivity index (χ1) is 11.7. The summed E-state index contributed by atoms with van der Waals surface area (Å²) in [6, 6.07) is 4.09. The number of guanidine groups is 1. The summed E-state index contributed by atoms with van der Waals surface area (Å²) in [5.74, 6) is 1.33. The molecule has 1 aromatic rings. The number of thiophene rings is 1. The number of halogens is 2. The van der Waals surface area contributed by atoms with Gasteiger partial charge in [-0.2, -0.15) is 0 Å². The Balaban J connectivity index is 0.00000225. The summed E-state index contributed by atoms with van der Waals surface area (Å²) in [6.45, 7) is 5.82. The summed E-state index contributed by atoms with van der Waals surface area (Å²) in [6.07, 6.45) is 3.04. The zero-order valence-electron chi connectivity index (χ0n) is 14.7. The average Bonchev–Trinajstić information content (AvgIpc) is 3.18. The highest BCUT2D eigenvalue weighted by molar-refractivity contribution is 14.0. The van der Waals surface area contributed by atoms with Crippen LogP contribution in [0.3, 0.4) is 0 Å². The van der Waals surface area contributed by atoms with E-state index in [1.165, 1.54) is 4.88 Å². The van der Waals surface area contributed by atoms with Gasteiger partial charge in [-0.25, -0.2) is 0 Å². The molecule has 1 aliphatic carbocycles. The molecule has 5 nitrogen and oxygen atoms in total. The lowest BCUT2D eigenvalue weighted by atomic mass is 10.1. The highest BCUT2D eigenvalue weighted by Gasteiger charge is 2.26. The zero-order valence-corrected chi connectivity index (χ0v) is 18.6. The Kier molecular flexibility index (Phi) is 8.74. The van der Waals surface area contributed by atoms with Gasteiger partial charge in [0.05, 0.1) is 10.4 Å². The first kappa shape index (κ1) is 21.2. The molecule has 0 radical (unpaired) electrons. The van der Waals surface area contributed by atoms with E-state index in [0.29, 0.717) is 5.92 Å². The first-order valence-corrected chi connectivity index (χ1v) is 9.95. The molecule has 1 saturated heterocycles. The van der Waals surface area contributed by atoms with Gasteiger partial charge in [-0.15, -0.1) is 35.3 Å². The van der Waals surface area contributed by atoms with Crippen LogP contribution in [0.15, 0.2) is 17.1 Å². The summed E-state index contributed by atoms with van der Waals surface area (Å²) in [7, 11) is 1.84. The molecule has 1 saturated carbocycles. The third-order valence-corrected chi connectivity index (χ3v) is 6.25. The van der Waals surface area contributed by atoms with Gasteiger partial charge in [0.15, 0.2) is 5.96 Å². The minimum atomic E-state index is -0.148. The SMILES string of the molecule is CN=C(NCC1CCCC1O)N1CCN(Cc2ccc(Cl)s2)CC1.I. The molecule has 3 rings (SSSR count). The van der Waals surface area contributed by atoms with Crippen LogP contribution in [0.1, 0.15) is 24.1 Å². The minimum Gasteiger partial charge on any atom is -0.393 e. The van der Waals surface area contributed by atoms with Gasteiger partial charge in [-0.3, -0.25) is 9.89 Å². The fourth-order valence-electron chi connectivity index (χ4n) is 3.58. The van der Waals surface area contributed by atoms with Gasteiger partial charge < -0.3 is 15.3 Å². The van der Waals surface area contributed by atoms with Crippen LogP contribution in [0.4, 0.5) is 0 Å². The molecule has 0 bridgehead atoms. The molecule has 0 aromatic carbocycles. The Bertz CT molecular complexity index is 563. The van der Waals surface area contributed by atoms with Gasteiger partial charge in [0.1, 0.15) is 0 Å². The van der Waals surface area contributed by atoms with Crippen LogP contribution in [0.5, 0.6) is 0 Å². The van der Waals surface area contributed by atoms with Crippen molar-refractivity contribution in [2.45, 2.75) is 31.9 Å². The number of rotatable bonds is 4. The Labute approximate surface area is 176 Å². The van der Waals surface area contributed by atoms with E-state index in [1.807, 2.05) is 13.1 Å². The lowest BCUT2D eigenvalue weighted by molar-refractivity contribution is 0.132. The number of nitrogens with one attached hydrogen (secondary N) is 1. The zero-order chi connectivity index (χ0) is 16.9.